The molecular weight excluding hydrogens is 510 g/mol. The topological polar surface area (TPSA) is 159 Å². The number of nitrogens with zero attached hydrogens (tertiary/aromatic N) is 3. The lowest BCUT2D eigenvalue weighted by Gasteiger charge is -2.34. The van der Waals surface area contributed by atoms with Gasteiger partial charge in [-0.2, -0.15) is 0 Å². The molecule has 0 spiro atoms. The molecule has 4 aromatic rings. The zero-order valence-electron chi connectivity index (χ0n) is 21.2. The molecule has 1 fully saturated rings. The third-order valence-corrected chi connectivity index (χ3v) is 6.83. The first-order valence-corrected chi connectivity index (χ1v) is 12.5. The van der Waals surface area contributed by atoms with Crippen molar-refractivity contribution in [3.8, 4) is 23.1 Å². The number of aliphatic carboxylic acids is 1. The number of nitrogens with one attached hydrogen (secondary N) is 1. The van der Waals surface area contributed by atoms with Crippen molar-refractivity contribution in [3.63, 3.8) is 0 Å². The van der Waals surface area contributed by atoms with Gasteiger partial charge in [-0.15, -0.1) is 0 Å². The van der Waals surface area contributed by atoms with Gasteiger partial charge in [0.05, 0.1) is 22.9 Å². The summed E-state index contributed by atoms with van der Waals surface area (Å²) >= 11 is 0. The standard InChI is InChI=1S/C30H25N5O5/c31-34-28(37)22-15-26(33-25-11-13-32-16-23(22)25)20-7-3-18(4-8-20)1-2-19-5-9-21(10-6-19)29(38)35-14-12-27(36)24(17-35)30(39)40/h3-11,13,15-16,24,27,36H,12,14,17,31H2,(H,34,37)(H,39,40). The Morgan fingerprint density at radius 3 is 2.33 bits per heavy atom. The molecule has 10 heteroatoms. The summed E-state index contributed by atoms with van der Waals surface area (Å²) in [7, 11) is 0. The molecule has 10 nitrogen and oxygen atoms in total. The third-order valence-electron chi connectivity index (χ3n) is 6.83. The van der Waals surface area contributed by atoms with Gasteiger partial charge in [0.2, 0.25) is 0 Å². The van der Waals surface area contributed by atoms with Crippen LogP contribution in [0.2, 0.25) is 0 Å². The van der Waals surface area contributed by atoms with Crippen LogP contribution in [-0.2, 0) is 4.79 Å². The highest BCUT2D eigenvalue weighted by Gasteiger charge is 2.35. The van der Waals surface area contributed by atoms with Crippen LogP contribution in [0.5, 0.6) is 0 Å². The molecule has 1 aliphatic rings. The number of carboxylic acid groups (broad SMARTS) is 1. The molecule has 0 bridgehead atoms. The number of nitrogen functional groups attached to an aromatic ring is 1. The van der Waals surface area contributed by atoms with E-state index in [4.69, 9.17) is 5.84 Å². The van der Waals surface area contributed by atoms with Gasteiger partial charge < -0.3 is 15.1 Å². The van der Waals surface area contributed by atoms with Crippen LogP contribution in [0.3, 0.4) is 0 Å². The highest BCUT2D eigenvalue weighted by Crippen LogP contribution is 2.25. The maximum atomic E-state index is 12.8. The van der Waals surface area contributed by atoms with Gasteiger partial charge in [0, 0.05) is 53.1 Å². The van der Waals surface area contributed by atoms with Gasteiger partial charge in [0.1, 0.15) is 5.92 Å². The molecule has 0 saturated carbocycles. The number of likely N-dealkylation sites (tertiary alicyclic amines) is 1. The zero-order valence-corrected chi connectivity index (χ0v) is 21.2. The largest absolute Gasteiger partial charge is 0.481 e. The van der Waals surface area contributed by atoms with Gasteiger partial charge >= 0.3 is 5.97 Å². The summed E-state index contributed by atoms with van der Waals surface area (Å²) < 4.78 is 0. The van der Waals surface area contributed by atoms with Gasteiger partial charge in [0.15, 0.2) is 0 Å². The second-order valence-electron chi connectivity index (χ2n) is 9.38. The van der Waals surface area contributed by atoms with Crippen LogP contribution in [-0.4, -0.2) is 62.1 Å². The molecule has 0 radical (unpaired) electrons. The molecule has 40 heavy (non-hydrogen) atoms. The average molecular weight is 536 g/mol. The van der Waals surface area contributed by atoms with Crippen LogP contribution >= 0.6 is 0 Å². The summed E-state index contributed by atoms with van der Waals surface area (Å²) in [5, 5.41) is 19.8. The van der Waals surface area contributed by atoms with Crippen molar-refractivity contribution in [2.45, 2.75) is 12.5 Å². The summed E-state index contributed by atoms with van der Waals surface area (Å²) in [4.78, 5) is 46.7. The zero-order chi connectivity index (χ0) is 28.2. The van der Waals surface area contributed by atoms with Crippen LogP contribution in [0.15, 0.2) is 73.1 Å². The lowest BCUT2D eigenvalue weighted by atomic mass is 9.94. The summed E-state index contributed by atoms with van der Waals surface area (Å²) in [5.41, 5.74) is 6.47. The molecule has 5 N–H and O–H groups in total. The number of aliphatic hydroxyl groups is 1. The molecule has 2 aromatic carbocycles. The van der Waals surface area contributed by atoms with Gasteiger partial charge in [0.25, 0.3) is 11.8 Å². The number of hydrogen-bond acceptors (Lipinski definition) is 7. The number of hydrazine groups is 1. The van der Waals surface area contributed by atoms with E-state index in [9.17, 15) is 24.6 Å². The number of nitrogens with two attached hydrogens (primary N) is 1. The molecule has 2 amide bonds. The third kappa shape index (κ3) is 5.51. The Morgan fingerprint density at radius 1 is 1.00 bits per heavy atom. The van der Waals surface area contributed by atoms with Crippen molar-refractivity contribution in [1.29, 1.82) is 0 Å². The fourth-order valence-electron chi connectivity index (χ4n) is 4.60. The number of pyridine rings is 2. The minimum atomic E-state index is -1.11. The van der Waals surface area contributed by atoms with E-state index < -0.39 is 23.9 Å². The Balaban J connectivity index is 1.30. The van der Waals surface area contributed by atoms with Crippen LogP contribution < -0.4 is 11.3 Å². The van der Waals surface area contributed by atoms with Gasteiger partial charge in [-0.1, -0.05) is 24.0 Å². The van der Waals surface area contributed by atoms with Crippen molar-refractivity contribution < 1.29 is 24.6 Å². The molecule has 5 rings (SSSR count). The van der Waals surface area contributed by atoms with Crippen LogP contribution in [0.4, 0.5) is 0 Å². The molecular formula is C30H25N5O5. The molecule has 2 unspecified atom stereocenters. The maximum absolute atomic E-state index is 12.8. The SMILES string of the molecule is NNC(=O)c1cc(-c2ccc(C#Cc3ccc(C(=O)N4CCC(O)C(C(=O)O)C4)cc3)cc2)nc2ccncc12. The second-order valence-corrected chi connectivity index (χ2v) is 9.38. The number of amides is 2. The summed E-state index contributed by atoms with van der Waals surface area (Å²) in [6.07, 6.45) is 2.46. The summed E-state index contributed by atoms with van der Waals surface area (Å²) in [5.74, 6) is 8.71. The van der Waals surface area contributed by atoms with Crippen molar-refractivity contribution in [3.05, 3.63) is 95.3 Å². The van der Waals surface area contributed by atoms with E-state index in [1.807, 2.05) is 24.3 Å². The Kier molecular flexibility index (Phi) is 7.50. The second kappa shape index (κ2) is 11.3. The smallest absolute Gasteiger partial charge is 0.310 e. The fourth-order valence-corrected chi connectivity index (χ4v) is 4.60. The van der Waals surface area contributed by atoms with Crippen LogP contribution in [0, 0.1) is 17.8 Å². The molecule has 0 aliphatic carbocycles. The Morgan fingerprint density at radius 2 is 1.68 bits per heavy atom. The number of rotatable bonds is 4. The van der Waals surface area contributed by atoms with Crippen molar-refractivity contribution in [2.24, 2.45) is 11.8 Å². The molecule has 3 heterocycles. The highest BCUT2D eigenvalue weighted by molar-refractivity contribution is 6.06. The lowest BCUT2D eigenvalue weighted by molar-refractivity contribution is -0.148. The maximum Gasteiger partial charge on any atom is 0.310 e. The summed E-state index contributed by atoms with van der Waals surface area (Å²) in [6.45, 7) is 0.273. The number of carbonyl (C=O) groups is 3. The first-order valence-electron chi connectivity index (χ1n) is 12.5. The van der Waals surface area contributed by atoms with Crippen LogP contribution in [0.25, 0.3) is 22.2 Å². The number of piperidine rings is 1. The first kappa shape index (κ1) is 26.5. The van der Waals surface area contributed by atoms with E-state index in [1.54, 1.807) is 48.8 Å². The minimum Gasteiger partial charge on any atom is -0.481 e. The first-order chi connectivity index (χ1) is 19.3. The van der Waals surface area contributed by atoms with E-state index in [0.29, 0.717) is 39.8 Å². The lowest BCUT2D eigenvalue weighted by Crippen LogP contribution is -2.48. The number of fused-ring (bicyclic) bond motifs is 1. The molecule has 1 saturated heterocycles. The molecule has 2 aromatic heterocycles. The predicted octanol–water partition coefficient (Wildman–Crippen LogP) is 2.21. The quantitative estimate of drug-likeness (QED) is 0.134. The summed E-state index contributed by atoms with van der Waals surface area (Å²) in [6, 6.07) is 17.6. The van der Waals surface area contributed by atoms with E-state index in [-0.39, 0.29) is 18.9 Å². The normalized spacial score (nSPS) is 16.6. The highest BCUT2D eigenvalue weighted by atomic mass is 16.4. The number of carboxylic acids is 1. The van der Waals surface area contributed by atoms with E-state index >= 15 is 0 Å². The Bertz CT molecular complexity index is 1660. The number of carbonyl (C=O) groups excluding carboxylic acids is 2. The molecule has 200 valence electrons. The minimum absolute atomic E-state index is 0.0274. The average Bonchev–Trinajstić information content (AvgIpc) is 2.99. The van der Waals surface area contributed by atoms with Gasteiger partial charge in [-0.05, 0) is 55.0 Å². The van der Waals surface area contributed by atoms with E-state index in [0.717, 1.165) is 11.1 Å². The van der Waals surface area contributed by atoms with Gasteiger partial charge in [-0.3, -0.25) is 24.8 Å². The van der Waals surface area contributed by atoms with Crippen LogP contribution in [0.1, 0.15) is 38.3 Å². The molecule has 2 atom stereocenters. The number of aliphatic hydroxyl groups excluding tert-OH is 1. The monoisotopic (exact) mass is 535 g/mol. The van der Waals surface area contributed by atoms with E-state index in [1.165, 1.54) is 4.90 Å². The van der Waals surface area contributed by atoms with Crippen molar-refractivity contribution in [2.75, 3.05) is 13.1 Å². The van der Waals surface area contributed by atoms with Gasteiger partial charge in [-0.25, -0.2) is 10.8 Å². The predicted molar refractivity (Wildman–Crippen MR) is 147 cm³/mol. The number of aromatic nitrogens is 2. The van der Waals surface area contributed by atoms with Crippen molar-refractivity contribution in [1.82, 2.24) is 20.3 Å². The Labute approximate surface area is 229 Å². The van der Waals surface area contributed by atoms with Crippen molar-refractivity contribution >= 4 is 28.7 Å². The Hall–Kier alpha value is -5.11. The number of hydrogen-bond donors (Lipinski definition) is 4. The number of benzene rings is 2. The molecule has 1 aliphatic heterocycles. The van der Waals surface area contributed by atoms with E-state index in [2.05, 4.69) is 27.2 Å². The fraction of sp³-hybridized carbons (Fsp3) is 0.167.